The molecule has 0 rings (SSSR count). The molecule has 0 fully saturated rings. The summed E-state index contributed by atoms with van der Waals surface area (Å²) in [7, 11) is 0. The molecule has 0 radical (unpaired) electrons. The van der Waals surface area contributed by atoms with E-state index in [1.54, 1.807) is 13.8 Å². The molecule has 78 valence electrons. The zero-order valence-electron chi connectivity index (χ0n) is 7.26. The van der Waals surface area contributed by atoms with Crippen LogP contribution in [0, 0.1) is 5.92 Å². The van der Waals surface area contributed by atoms with Crippen LogP contribution in [0.1, 0.15) is 13.8 Å². The second kappa shape index (κ2) is 4.45. The van der Waals surface area contributed by atoms with Crippen molar-refractivity contribution in [2.75, 3.05) is 6.61 Å². The Kier molecular flexibility index (Phi) is 4.19. The fourth-order valence-corrected chi connectivity index (χ4v) is 0.433. The Morgan fingerprint density at radius 2 is 2.00 bits per heavy atom. The van der Waals surface area contributed by atoms with Gasteiger partial charge in [-0.2, -0.15) is 4.39 Å². The van der Waals surface area contributed by atoms with Crippen molar-refractivity contribution in [3.8, 4) is 0 Å². The van der Waals surface area contributed by atoms with Crippen molar-refractivity contribution in [2.45, 2.75) is 26.1 Å². The number of rotatable bonds is 4. The molecule has 0 saturated heterocycles. The molecular formula is C7H11F3O3. The number of carbonyl (C=O) groups excluding carboxylic acids is 1. The van der Waals surface area contributed by atoms with Crippen LogP contribution >= 0.6 is 0 Å². The summed E-state index contributed by atoms with van der Waals surface area (Å²) < 4.78 is 39.8. The van der Waals surface area contributed by atoms with Crippen LogP contribution in [0.15, 0.2) is 0 Å². The number of alkyl halides is 3. The molecule has 0 amide bonds. The molecule has 0 aromatic carbocycles. The molecule has 0 aromatic heterocycles. The Bertz CT molecular complexity index is 180. The summed E-state index contributed by atoms with van der Waals surface area (Å²) in [6.07, 6.45) is -3.80. The van der Waals surface area contributed by atoms with E-state index < -0.39 is 18.2 Å². The Morgan fingerprint density at radius 1 is 1.54 bits per heavy atom. The lowest BCUT2D eigenvalue weighted by Gasteiger charge is -2.16. The summed E-state index contributed by atoms with van der Waals surface area (Å²) in [4.78, 5) is 10.5. The first-order chi connectivity index (χ1) is 5.78. The Balaban J connectivity index is 4.10. The van der Waals surface area contributed by atoms with Crippen LogP contribution in [0.5, 0.6) is 0 Å². The average molecular weight is 200 g/mol. The first-order valence-corrected chi connectivity index (χ1v) is 3.65. The quantitative estimate of drug-likeness (QED) is 0.691. The molecule has 3 nitrogen and oxygen atoms in total. The van der Waals surface area contributed by atoms with Gasteiger partial charge in [-0.3, -0.25) is 0 Å². The number of halogens is 3. The first-order valence-electron chi connectivity index (χ1n) is 3.65. The average Bonchev–Trinajstić information content (AvgIpc) is 1.99. The van der Waals surface area contributed by atoms with Crippen LogP contribution in [0.25, 0.3) is 0 Å². The standard InChI is InChI=1S/C7H11F3O3/c1-4(2)3-13-6(11)7(10,12)5(8)9/h4-5,12H,3H2,1-2H3. The molecule has 0 aliphatic carbocycles. The summed E-state index contributed by atoms with van der Waals surface area (Å²) in [6.45, 7) is 3.08. The molecule has 0 spiro atoms. The van der Waals surface area contributed by atoms with Crippen molar-refractivity contribution in [1.29, 1.82) is 0 Å². The normalized spacial score (nSPS) is 16.0. The highest BCUT2D eigenvalue weighted by Crippen LogP contribution is 2.19. The highest BCUT2D eigenvalue weighted by molar-refractivity contribution is 5.77. The van der Waals surface area contributed by atoms with Crippen LogP contribution < -0.4 is 0 Å². The lowest BCUT2D eigenvalue weighted by molar-refractivity contribution is -0.219. The second-order valence-electron chi connectivity index (χ2n) is 2.97. The van der Waals surface area contributed by atoms with Gasteiger partial charge in [0.25, 0.3) is 0 Å². The minimum atomic E-state index is -4.20. The number of esters is 1. The van der Waals surface area contributed by atoms with E-state index in [1.165, 1.54) is 0 Å². The summed E-state index contributed by atoms with van der Waals surface area (Å²) in [5, 5.41) is 8.28. The monoisotopic (exact) mass is 200 g/mol. The highest BCUT2D eigenvalue weighted by atomic mass is 19.3. The molecule has 0 aliphatic rings. The van der Waals surface area contributed by atoms with Gasteiger partial charge in [-0.1, -0.05) is 13.8 Å². The molecule has 6 heteroatoms. The van der Waals surface area contributed by atoms with Gasteiger partial charge in [-0.05, 0) is 5.92 Å². The van der Waals surface area contributed by atoms with Crippen molar-refractivity contribution >= 4 is 5.97 Å². The van der Waals surface area contributed by atoms with Crippen molar-refractivity contribution < 1.29 is 27.8 Å². The highest BCUT2D eigenvalue weighted by Gasteiger charge is 2.48. The number of hydrogen-bond donors (Lipinski definition) is 1. The van der Waals surface area contributed by atoms with E-state index in [9.17, 15) is 18.0 Å². The Labute approximate surface area is 73.5 Å². The topological polar surface area (TPSA) is 46.5 Å². The zero-order valence-corrected chi connectivity index (χ0v) is 7.26. The maximum absolute atomic E-state index is 12.4. The maximum Gasteiger partial charge on any atom is 0.378 e. The van der Waals surface area contributed by atoms with Gasteiger partial charge in [0.05, 0.1) is 6.61 Å². The van der Waals surface area contributed by atoms with Gasteiger partial charge >= 0.3 is 18.2 Å². The van der Waals surface area contributed by atoms with E-state index >= 15 is 0 Å². The predicted octanol–water partition coefficient (Wildman–Crippen LogP) is 1.11. The number of hydrogen-bond acceptors (Lipinski definition) is 3. The Morgan fingerprint density at radius 3 is 2.31 bits per heavy atom. The summed E-state index contributed by atoms with van der Waals surface area (Å²) in [5.74, 6) is -6.26. The van der Waals surface area contributed by atoms with Gasteiger partial charge in [0.1, 0.15) is 0 Å². The summed E-state index contributed by atoms with van der Waals surface area (Å²) in [6, 6.07) is 0. The number of ether oxygens (including phenoxy) is 1. The van der Waals surface area contributed by atoms with E-state index in [0.29, 0.717) is 0 Å². The molecular weight excluding hydrogens is 189 g/mol. The van der Waals surface area contributed by atoms with Gasteiger partial charge in [0, 0.05) is 0 Å². The molecule has 1 unspecified atom stereocenters. The van der Waals surface area contributed by atoms with Crippen molar-refractivity contribution in [3.05, 3.63) is 0 Å². The molecule has 1 N–H and O–H groups in total. The lowest BCUT2D eigenvalue weighted by atomic mass is 10.2. The van der Waals surface area contributed by atoms with Crippen LogP contribution in [0.2, 0.25) is 0 Å². The fraction of sp³-hybridized carbons (Fsp3) is 0.857. The second-order valence-corrected chi connectivity index (χ2v) is 2.97. The number of aliphatic hydroxyl groups is 1. The molecule has 0 heterocycles. The maximum atomic E-state index is 12.4. The van der Waals surface area contributed by atoms with Gasteiger partial charge < -0.3 is 9.84 Å². The first kappa shape index (κ1) is 12.2. The predicted molar refractivity (Wildman–Crippen MR) is 37.9 cm³/mol. The van der Waals surface area contributed by atoms with E-state index in [1.807, 2.05) is 0 Å². The third-order valence-electron chi connectivity index (χ3n) is 1.12. The van der Waals surface area contributed by atoms with Gasteiger partial charge in [-0.15, -0.1) is 0 Å². The number of carbonyl (C=O) groups is 1. The molecule has 0 saturated carbocycles. The minimum absolute atomic E-state index is 0.113. The summed E-state index contributed by atoms with van der Waals surface area (Å²) in [5.41, 5.74) is 0. The van der Waals surface area contributed by atoms with Gasteiger partial charge in [-0.25, -0.2) is 13.6 Å². The molecule has 1 atom stereocenters. The molecule has 0 aliphatic heterocycles. The van der Waals surface area contributed by atoms with Gasteiger partial charge in [0.2, 0.25) is 0 Å². The van der Waals surface area contributed by atoms with E-state index in [4.69, 9.17) is 5.11 Å². The largest absolute Gasteiger partial charge is 0.461 e. The van der Waals surface area contributed by atoms with Gasteiger partial charge in [0.15, 0.2) is 0 Å². The summed E-state index contributed by atoms with van der Waals surface area (Å²) >= 11 is 0. The zero-order chi connectivity index (χ0) is 10.6. The third kappa shape index (κ3) is 3.63. The smallest absolute Gasteiger partial charge is 0.378 e. The molecule has 0 bridgehead atoms. The molecule has 13 heavy (non-hydrogen) atoms. The lowest BCUT2D eigenvalue weighted by Crippen LogP contribution is -2.42. The van der Waals surface area contributed by atoms with E-state index in [-0.39, 0.29) is 12.5 Å². The van der Waals surface area contributed by atoms with Crippen LogP contribution in [0.4, 0.5) is 13.2 Å². The molecule has 0 aromatic rings. The van der Waals surface area contributed by atoms with E-state index in [2.05, 4.69) is 4.74 Å². The third-order valence-corrected chi connectivity index (χ3v) is 1.12. The van der Waals surface area contributed by atoms with Crippen LogP contribution in [0.3, 0.4) is 0 Å². The van der Waals surface area contributed by atoms with Crippen LogP contribution in [-0.2, 0) is 9.53 Å². The van der Waals surface area contributed by atoms with Crippen molar-refractivity contribution in [1.82, 2.24) is 0 Å². The Hall–Kier alpha value is -0.780. The van der Waals surface area contributed by atoms with E-state index in [0.717, 1.165) is 0 Å². The SMILES string of the molecule is CC(C)COC(=O)C(O)(F)C(F)F. The van der Waals surface area contributed by atoms with Crippen molar-refractivity contribution in [2.24, 2.45) is 5.92 Å². The van der Waals surface area contributed by atoms with Crippen LogP contribution in [-0.4, -0.2) is 30.0 Å². The van der Waals surface area contributed by atoms with Crippen molar-refractivity contribution in [3.63, 3.8) is 0 Å². The minimum Gasteiger partial charge on any atom is -0.461 e. The fourth-order valence-electron chi connectivity index (χ4n) is 0.433.